The van der Waals surface area contributed by atoms with Gasteiger partial charge in [0.05, 0.1) is 11.7 Å². The third-order valence-electron chi connectivity index (χ3n) is 3.95. The minimum absolute atomic E-state index is 0.00273. The summed E-state index contributed by atoms with van der Waals surface area (Å²) in [6, 6.07) is 1.76. The first-order valence-electron chi connectivity index (χ1n) is 7.98. The van der Waals surface area contributed by atoms with Gasteiger partial charge in [-0.15, -0.1) is 0 Å². The number of ether oxygens (including phenoxy) is 1. The number of aldehydes is 1. The Hall–Kier alpha value is -2.07. The van der Waals surface area contributed by atoms with Gasteiger partial charge in [0.15, 0.2) is 6.29 Å². The molecule has 0 bridgehead atoms. The second kappa shape index (κ2) is 7.47. The molecule has 0 aromatic heterocycles. The van der Waals surface area contributed by atoms with Crippen LogP contribution in [-0.4, -0.2) is 28.7 Å². The smallest absolute Gasteiger partial charge is 0.154 e. The van der Waals surface area contributed by atoms with Gasteiger partial charge in [-0.3, -0.25) is 4.79 Å². The average Bonchev–Trinajstić information content (AvgIpc) is 2.52. The van der Waals surface area contributed by atoms with Gasteiger partial charge < -0.3 is 14.9 Å². The van der Waals surface area contributed by atoms with Crippen molar-refractivity contribution in [1.82, 2.24) is 0 Å². The number of benzene rings is 1. The van der Waals surface area contributed by atoms with Crippen molar-refractivity contribution in [1.29, 1.82) is 0 Å². The molecule has 1 aromatic rings. The maximum Gasteiger partial charge on any atom is 0.154 e. The Balaban J connectivity index is 2.40. The quantitative estimate of drug-likeness (QED) is 0.621. The van der Waals surface area contributed by atoms with Crippen LogP contribution in [0.5, 0.6) is 11.5 Å². The highest BCUT2D eigenvalue weighted by molar-refractivity contribution is 5.89. The third kappa shape index (κ3) is 3.82. The van der Waals surface area contributed by atoms with Gasteiger partial charge in [-0.25, -0.2) is 0 Å². The third-order valence-corrected chi connectivity index (χ3v) is 3.95. The number of carbonyl (C=O) groups is 1. The maximum absolute atomic E-state index is 11.4. The number of phenols is 1. The number of aliphatic hydroxyl groups excluding tert-OH is 1. The van der Waals surface area contributed by atoms with Crippen molar-refractivity contribution in [2.24, 2.45) is 0 Å². The van der Waals surface area contributed by atoms with Gasteiger partial charge >= 0.3 is 0 Å². The molecule has 0 spiro atoms. The van der Waals surface area contributed by atoms with Gasteiger partial charge in [-0.1, -0.05) is 31.1 Å². The number of carbonyl (C=O) groups excluding carboxylic acids is 1. The molecule has 0 aliphatic carbocycles. The first kappa shape index (κ1) is 17.3. The second-order valence-corrected chi connectivity index (χ2v) is 6.11. The summed E-state index contributed by atoms with van der Waals surface area (Å²) in [5.74, 6) is 0.529. The van der Waals surface area contributed by atoms with Gasteiger partial charge in [0.2, 0.25) is 0 Å². The summed E-state index contributed by atoms with van der Waals surface area (Å²) in [6.45, 7) is 5.96. The summed E-state index contributed by atoms with van der Waals surface area (Å²) in [6.07, 6.45) is 7.14. The van der Waals surface area contributed by atoms with Crippen LogP contribution in [0, 0.1) is 0 Å². The van der Waals surface area contributed by atoms with Gasteiger partial charge in [-0.2, -0.15) is 0 Å². The van der Waals surface area contributed by atoms with Crippen LogP contribution in [0.1, 0.15) is 55.1 Å². The normalized spacial score (nSPS) is 17.1. The summed E-state index contributed by atoms with van der Waals surface area (Å²) >= 11 is 0. The lowest BCUT2D eigenvalue weighted by Crippen LogP contribution is -2.31. The number of hydrogen-bond donors (Lipinski definition) is 2. The molecule has 2 atom stereocenters. The Morgan fingerprint density at radius 3 is 2.78 bits per heavy atom. The van der Waals surface area contributed by atoms with Crippen LogP contribution < -0.4 is 4.74 Å². The fourth-order valence-corrected chi connectivity index (χ4v) is 2.64. The highest BCUT2D eigenvalue weighted by Crippen LogP contribution is 2.37. The Labute approximate surface area is 137 Å². The predicted molar refractivity (Wildman–Crippen MR) is 91.0 cm³/mol. The molecule has 2 rings (SSSR count). The summed E-state index contributed by atoms with van der Waals surface area (Å²) < 4.78 is 5.86. The molecule has 0 amide bonds. The lowest BCUT2D eigenvalue weighted by molar-refractivity contribution is 0.0561. The van der Waals surface area contributed by atoms with Crippen LogP contribution in [0.2, 0.25) is 0 Å². The molecule has 4 heteroatoms. The van der Waals surface area contributed by atoms with Gasteiger partial charge in [-0.05, 0) is 38.8 Å². The zero-order chi connectivity index (χ0) is 17.0. The van der Waals surface area contributed by atoms with Gasteiger partial charge in [0.25, 0.3) is 0 Å². The van der Waals surface area contributed by atoms with E-state index >= 15 is 0 Å². The van der Waals surface area contributed by atoms with Crippen molar-refractivity contribution in [2.75, 3.05) is 0 Å². The molecular formula is C19H24O4. The van der Waals surface area contributed by atoms with Crippen LogP contribution in [0.3, 0.4) is 0 Å². The summed E-state index contributed by atoms with van der Waals surface area (Å²) in [5.41, 5.74) is 2.58. The second-order valence-electron chi connectivity index (χ2n) is 6.11. The fourth-order valence-electron chi connectivity index (χ4n) is 2.64. The minimum atomic E-state index is -0.584. The molecule has 4 nitrogen and oxygen atoms in total. The predicted octanol–water partition coefficient (Wildman–Crippen LogP) is 3.65. The highest BCUT2D eigenvalue weighted by atomic mass is 16.5. The number of hydrogen-bond acceptors (Lipinski definition) is 4. The standard InChI is InChI=1S/C19H24O4/c1-4-5-16(21)17-9-8-14-15(11-20)19(22)13(7-6-12(2)3)10-18(14)23-17/h6,8-11,16-17,21-22H,4-5,7H2,1-3H3. The molecule has 2 N–H and O–H groups in total. The van der Waals surface area contributed by atoms with Gasteiger partial charge in [0.1, 0.15) is 17.6 Å². The zero-order valence-electron chi connectivity index (χ0n) is 13.9. The van der Waals surface area contributed by atoms with E-state index in [1.54, 1.807) is 18.2 Å². The molecule has 0 fully saturated rings. The molecule has 124 valence electrons. The van der Waals surface area contributed by atoms with E-state index < -0.39 is 12.2 Å². The molecule has 1 aliphatic rings. The van der Waals surface area contributed by atoms with E-state index in [1.807, 2.05) is 26.8 Å². The van der Waals surface area contributed by atoms with E-state index in [4.69, 9.17) is 4.74 Å². The number of rotatable bonds is 6. The maximum atomic E-state index is 11.4. The molecule has 1 aliphatic heterocycles. The van der Waals surface area contributed by atoms with Crippen molar-refractivity contribution >= 4 is 12.4 Å². The Morgan fingerprint density at radius 2 is 2.17 bits per heavy atom. The van der Waals surface area contributed by atoms with E-state index in [0.717, 1.165) is 12.0 Å². The number of phenolic OH excluding ortho intramolecular Hbond substituents is 1. The van der Waals surface area contributed by atoms with Crippen molar-refractivity contribution in [3.63, 3.8) is 0 Å². The molecular weight excluding hydrogens is 292 g/mol. The number of aliphatic hydroxyl groups is 1. The lowest BCUT2D eigenvalue weighted by atomic mass is 9.96. The first-order chi connectivity index (χ1) is 11.0. The number of fused-ring (bicyclic) bond motifs is 1. The summed E-state index contributed by atoms with van der Waals surface area (Å²) in [5, 5.41) is 20.4. The van der Waals surface area contributed by atoms with Crippen LogP contribution >= 0.6 is 0 Å². The molecule has 0 radical (unpaired) electrons. The van der Waals surface area contributed by atoms with E-state index in [2.05, 4.69) is 0 Å². The number of aromatic hydroxyl groups is 1. The molecule has 2 unspecified atom stereocenters. The van der Waals surface area contributed by atoms with E-state index in [1.165, 1.54) is 0 Å². The van der Waals surface area contributed by atoms with Crippen molar-refractivity contribution < 1.29 is 19.7 Å². The van der Waals surface area contributed by atoms with Crippen molar-refractivity contribution in [3.8, 4) is 11.5 Å². The number of allylic oxidation sites excluding steroid dienone is 2. The molecule has 0 saturated carbocycles. The topological polar surface area (TPSA) is 66.8 Å². The Kier molecular flexibility index (Phi) is 5.61. The monoisotopic (exact) mass is 316 g/mol. The summed E-state index contributed by atoms with van der Waals surface area (Å²) in [4.78, 5) is 11.4. The van der Waals surface area contributed by atoms with Crippen LogP contribution in [0.25, 0.3) is 6.08 Å². The first-order valence-corrected chi connectivity index (χ1v) is 7.98. The van der Waals surface area contributed by atoms with Crippen LogP contribution in [0.15, 0.2) is 23.8 Å². The molecule has 23 heavy (non-hydrogen) atoms. The van der Waals surface area contributed by atoms with Crippen LogP contribution in [-0.2, 0) is 6.42 Å². The molecule has 1 heterocycles. The Morgan fingerprint density at radius 1 is 1.43 bits per heavy atom. The van der Waals surface area contributed by atoms with Crippen LogP contribution in [0.4, 0.5) is 0 Å². The SMILES string of the molecule is CCCC(O)C1C=Cc2c(cc(CC=C(C)C)c(O)c2C=O)O1. The van der Waals surface area contributed by atoms with E-state index in [-0.39, 0.29) is 11.3 Å². The zero-order valence-corrected chi connectivity index (χ0v) is 13.9. The van der Waals surface area contributed by atoms with Crippen molar-refractivity contribution in [3.05, 3.63) is 40.5 Å². The fraction of sp³-hybridized carbons (Fsp3) is 0.421. The van der Waals surface area contributed by atoms with E-state index in [9.17, 15) is 15.0 Å². The van der Waals surface area contributed by atoms with E-state index in [0.29, 0.717) is 36.0 Å². The van der Waals surface area contributed by atoms with Gasteiger partial charge in [0, 0.05) is 11.1 Å². The molecule has 1 aromatic carbocycles. The lowest BCUT2D eigenvalue weighted by Gasteiger charge is -2.27. The Bertz CT molecular complexity index is 639. The minimum Gasteiger partial charge on any atom is -0.507 e. The highest BCUT2D eigenvalue weighted by Gasteiger charge is 2.25. The largest absolute Gasteiger partial charge is 0.507 e. The summed E-state index contributed by atoms with van der Waals surface area (Å²) in [7, 11) is 0. The molecule has 0 saturated heterocycles. The average molecular weight is 316 g/mol. The van der Waals surface area contributed by atoms with Crippen molar-refractivity contribution in [2.45, 2.75) is 52.2 Å².